The third-order valence-electron chi connectivity index (χ3n) is 5.97. The second-order valence-corrected chi connectivity index (χ2v) is 8.22. The maximum atomic E-state index is 9.14. The monoisotopic (exact) mass is 402 g/mol. The van der Waals surface area contributed by atoms with Gasteiger partial charge in [0.1, 0.15) is 23.7 Å². The molecular formula is C25H30N4O. The number of benzene rings is 1. The van der Waals surface area contributed by atoms with Gasteiger partial charge in [-0.05, 0) is 68.2 Å². The van der Waals surface area contributed by atoms with Crippen molar-refractivity contribution in [3.8, 4) is 17.9 Å². The van der Waals surface area contributed by atoms with Crippen LogP contribution in [0.25, 0.3) is 0 Å². The van der Waals surface area contributed by atoms with E-state index in [9.17, 15) is 0 Å². The number of unbranched alkanes of at least 4 members (excludes halogenated alkanes) is 3. The minimum absolute atomic E-state index is 0.365. The molecule has 0 aliphatic heterocycles. The molecule has 0 spiro atoms. The molecule has 1 aromatic carbocycles. The minimum Gasteiger partial charge on any atom is -0.493 e. The number of rotatable bonds is 9. The van der Waals surface area contributed by atoms with Crippen LogP contribution in [0, 0.1) is 28.6 Å². The zero-order valence-electron chi connectivity index (χ0n) is 17.8. The Labute approximate surface area is 179 Å². The second-order valence-electron chi connectivity index (χ2n) is 8.22. The SMILES string of the molecule is CCCCCCc1cnc(C2CCC(COc3ccc(C#N)c(C#N)c3)CC2)nc1. The van der Waals surface area contributed by atoms with Crippen LogP contribution in [-0.4, -0.2) is 16.6 Å². The van der Waals surface area contributed by atoms with Gasteiger partial charge in [-0.25, -0.2) is 9.97 Å². The van der Waals surface area contributed by atoms with E-state index in [1.807, 2.05) is 18.5 Å². The number of ether oxygens (including phenoxy) is 1. The van der Waals surface area contributed by atoms with Gasteiger partial charge in [-0.1, -0.05) is 26.2 Å². The fourth-order valence-electron chi connectivity index (χ4n) is 4.07. The molecule has 1 fully saturated rings. The first kappa shape index (κ1) is 21.8. The summed E-state index contributed by atoms with van der Waals surface area (Å²) in [6, 6.07) is 9.15. The zero-order chi connectivity index (χ0) is 21.2. The van der Waals surface area contributed by atoms with E-state index in [1.54, 1.807) is 18.2 Å². The molecule has 0 amide bonds. The van der Waals surface area contributed by atoms with Crippen molar-refractivity contribution >= 4 is 0 Å². The van der Waals surface area contributed by atoms with E-state index in [2.05, 4.69) is 23.0 Å². The smallest absolute Gasteiger partial charge is 0.131 e. The number of nitriles is 2. The quantitative estimate of drug-likeness (QED) is 0.503. The number of aryl methyl sites for hydroxylation is 1. The molecule has 0 unspecified atom stereocenters. The summed E-state index contributed by atoms with van der Waals surface area (Å²) in [6.45, 7) is 2.87. The van der Waals surface area contributed by atoms with Crippen LogP contribution >= 0.6 is 0 Å². The maximum absolute atomic E-state index is 9.14. The van der Waals surface area contributed by atoms with Crippen LogP contribution < -0.4 is 4.74 Å². The highest BCUT2D eigenvalue weighted by Gasteiger charge is 2.24. The van der Waals surface area contributed by atoms with Crippen molar-refractivity contribution in [3.63, 3.8) is 0 Å². The van der Waals surface area contributed by atoms with E-state index in [0.29, 0.717) is 35.3 Å². The summed E-state index contributed by atoms with van der Waals surface area (Å²) in [5.74, 6) is 2.58. The Morgan fingerprint density at radius 1 is 0.967 bits per heavy atom. The fourth-order valence-corrected chi connectivity index (χ4v) is 4.07. The lowest BCUT2D eigenvalue weighted by Crippen LogP contribution is -2.20. The third-order valence-corrected chi connectivity index (χ3v) is 5.97. The average molecular weight is 403 g/mol. The van der Waals surface area contributed by atoms with Crippen molar-refractivity contribution in [3.05, 3.63) is 53.1 Å². The van der Waals surface area contributed by atoms with E-state index in [4.69, 9.17) is 15.3 Å². The summed E-state index contributed by atoms with van der Waals surface area (Å²) in [4.78, 5) is 9.31. The van der Waals surface area contributed by atoms with Crippen molar-refractivity contribution in [1.82, 2.24) is 9.97 Å². The average Bonchev–Trinajstić information content (AvgIpc) is 2.81. The Hall–Kier alpha value is -2.92. The highest BCUT2D eigenvalue weighted by Crippen LogP contribution is 2.34. The summed E-state index contributed by atoms with van der Waals surface area (Å²) in [5, 5.41) is 18.2. The second kappa shape index (κ2) is 11.3. The standard InChI is InChI=1S/C25H30N4O/c1-2-3-4-5-6-20-16-28-25(29-17-20)21-9-7-19(8-10-21)18-30-24-12-11-22(14-26)23(13-24)15-27/h11-13,16-17,19,21H,2-10,18H2,1H3. The molecule has 5 heteroatoms. The molecule has 0 N–H and O–H groups in total. The molecular weight excluding hydrogens is 372 g/mol. The van der Waals surface area contributed by atoms with Crippen LogP contribution in [0.3, 0.4) is 0 Å². The number of aromatic nitrogens is 2. The van der Waals surface area contributed by atoms with Gasteiger partial charge in [0, 0.05) is 18.3 Å². The first-order valence-electron chi connectivity index (χ1n) is 11.1. The molecule has 0 radical (unpaired) electrons. The van der Waals surface area contributed by atoms with E-state index in [0.717, 1.165) is 37.9 Å². The molecule has 3 rings (SSSR count). The van der Waals surface area contributed by atoms with Crippen molar-refractivity contribution in [1.29, 1.82) is 10.5 Å². The van der Waals surface area contributed by atoms with Gasteiger partial charge in [-0.15, -0.1) is 0 Å². The molecule has 1 aromatic heterocycles. The van der Waals surface area contributed by atoms with E-state index in [-0.39, 0.29) is 0 Å². The van der Waals surface area contributed by atoms with Crippen LogP contribution in [0.2, 0.25) is 0 Å². The predicted molar refractivity (Wildman–Crippen MR) is 116 cm³/mol. The Balaban J connectivity index is 1.44. The van der Waals surface area contributed by atoms with E-state index in [1.165, 1.54) is 31.2 Å². The Morgan fingerprint density at radius 3 is 2.37 bits per heavy atom. The van der Waals surface area contributed by atoms with Gasteiger partial charge in [0.05, 0.1) is 17.7 Å². The van der Waals surface area contributed by atoms with Gasteiger partial charge in [0.25, 0.3) is 0 Å². The third kappa shape index (κ3) is 6.04. The van der Waals surface area contributed by atoms with Gasteiger partial charge < -0.3 is 4.74 Å². The molecule has 1 saturated carbocycles. The molecule has 156 valence electrons. The Morgan fingerprint density at radius 2 is 1.70 bits per heavy atom. The zero-order valence-corrected chi connectivity index (χ0v) is 17.8. The van der Waals surface area contributed by atoms with Crippen LogP contribution in [0.5, 0.6) is 5.75 Å². The molecule has 2 aromatic rings. The molecule has 30 heavy (non-hydrogen) atoms. The van der Waals surface area contributed by atoms with Crippen LogP contribution in [0.15, 0.2) is 30.6 Å². The van der Waals surface area contributed by atoms with Gasteiger partial charge >= 0.3 is 0 Å². The van der Waals surface area contributed by atoms with Crippen molar-refractivity contribution in [2.45, 2.75) is 70.6 Å². The lowest BCUT2D eigenvalue weighted by molar-refractivity contribution is 0.198. The normalized spacial score (nSPS) is 18.4. The fraction of sp³-hybridized carbons (Fsp3) is 0.520. The summed E-state index contributed by atoms with van der Waals surface area (Å²) in [5.41, 5.74) is 2.00. The van der Waals surface area contributed by atoms with Crippen molar-refractivity contribution in [2.75, 3.05) is 6.61 Å². The summed E-state index contributed by atoms with van der Waals surface area (Å²) in [6.07, 6.45) is 14.5. The number of hydrogen-bond acceptors (Lipinski definition) is 5. The first-order chi connectivity index (χ1) is 14.7. The summed E-state index contributed by atoms with van der Waals surface area (Å²) < 4.78 is 5.91. The van der Waals surface area contributed by atoms with Gasteiger partial charge in [-0.2, -0.15) is 10.5 Å². The molecule has 1 aliphatic rings. The molecule has 1 heterocycles. The predicted octanol–water partition coefficient (Wildman–Crippen LogP) is 5.70. The Kier molecular flexibility index (Phi) is 8.21. The number of nitrogens with zero attached hydrogens (tertiary/aromatic N) is 4. The van der Waals surface area contributed by atoms with Gasteiger partial charge in [-0.3, -0.25) is 0 Å². The topological polar surface area (TPSA) is 82.6 Å². The van der Waals surface area contributed by atoms with Crippen LogP contribution in [-0.2, 0) is 6.42 Å². The lowest BCUT2D eigenvalue weighted by Gasteiger charge is -2.27. The molecule has 0 atom stereocenters. The summed E-state index contributed by atoms with van der Waals surface area (Å²) >= 11 is 0. The lowest BCUT2D eigenvalue weighted by atomic mass is 9.82. The van der Waals surface area contributed by atoms with Crippen LogP contribution in [0.1, 0.15) is 86.7 Å². The van der Waals surface area contributed by atoms with Crippen molar-refractivity contribution < 1.29 is 4.74 Å². The van der Waals surface area contributed by atoms with Gasteiger partial charge in [0.15, 0.2) is 0 Å². The van der Waals surface area contributed by atoms with Crippen LogP contribution in [0.4, 0.5) is 0 Å². The van der Waals surface area contributed by atoms with Crippen molar-refractivity contribution in [2.24, 2.45) is 5.92 Å². The molecule has 5 nitrogen and oxygen atoms in total. The van der Waals surface area contributed by atoms with E-state index < -0.39 is 0 Å². The highest BCUT2D eigenvalue weighted by atomic mass is 16.5. The molecule has 1 aliphatic carbocycles. The van der Waals surface area contributed by atoms with Gasteiger partial charge in [0.2, 0.25) is 0 Å². The highest BCUT2D eigenvalue weighted by molar-refractivity contribution is 5.49. The maximum Gasteiger partial charge on any atom is 0.131 e. The van der Waals surface area contributed by atoms with E-state index >= 15 is 0 Å². The first-order valence-corrected chi connectivity index (χ1v) is 11.1. The Bertz CT molecular complexity index is 887. The molecule has 0 saturated heterocycles. The summed E-state index contributed by atoms with van der Waals surface area (Å²) in [7, 11) is 0. The number of hydrogen-bond donors (Lipinski definition) is 0. The largest absolute Gasteiger partial charge is 0.493 e. The minimum atomic E-state index is 0.365. The molecule has 0 bridgehead atoms.